The molecule has 0 saturated carbocycles. The molecule has 1 aromatic carbocycles. The summed E-state index contributed by atoms with van der Waals surface area (Å²) in [6, 6.07) is 12.4. The second-order valence-electron chi connectivity index (χ2n) is 10.6. The van der Waals surface area contributed by atoms with Gasteiger partial charge in [-0.1, -0.05) is 43.0 Å². The average molecular weight is 523 g/mol. The molecule has 2 aliphatic rings. The molecule has 1 unspecified atom stereocenters. The van der Waals surface area contributed by atoms with Gasteiger partial charge in [0, 0.05) is 49.6 Å². The van der Waals surface area contributed by atoms with Gasteiger partial charge < -0.3 is 16.0 Å². The van der Waals surface area contributed by atoms with Gasteiger partial charge in [0.05, 0.1) is 18.2 Å². The second-order valence-corrected chi connectivity index (χ2v) is 10.6. The maximum absolute atomic E-state index is 13.0. The molecule has 2 aliphatic heterocycles. The van der Waals surface area contributed by atoms with Crippen molar-refractivity contribution in [1.29, 1.82) is 0 Å². The topological polar surface area (TPSA) is 106 Å². The van der Waals surface area contributed by atoms with Crippen LogP contribution in [0.1, 0.15) is 46.8 Å². The van der Waals surface area contributed by atoms with Crippen LogP contribution < -0.4 is 11.1 Å². The van der Waals surface area contributed by atoms with E-state index in [1.807, 2.05) is 38.4 Å². The predicted molar refractivity (Wildman–Crippen MR) is 153 cm³/mol. The van der Waals surface area contributed by atoms with Crippen LogP contribution >= 0.6 is 0 Å². The van der Waals surface area contributed by atoms with Crippen molar-refractivity contribution < 1.29 is 4.79 Å². The summed E-state index contributed by atoms with van der Waals surface area (Å²) in [5.41, 5.74) is 13.2. The number of benzene rings is 1. The number of amides is 1. The minimum atomic E-state index is 0.0987. The minimum Gasteiger partial charge on any atom is -0.382 e. The van der Waals surface area contributed by atoms with Gasteiger partial charge in [0.15, 0.2) is 5.82 Å². The van der Waals surface area contributed by atoms with Gasteiger partial charge in [0.1, 0.15) is 11.8 Å². The van der Waals surface area contributed by atoms with Crippen LogP contribution in [0.2, 0.25) is 0 Å². The van der Waals surface area contributed by atoms with Crippen LogP contribution in [0, 0.1) is 12.8 Å². The van der Waals surface area contributed by atoms with Crippen LogP contribution in [0.3, 0.4) is 0 Å². The molecule has 3 aromatic heterocycles. The number of nitrogen functional groups attached to an aromatic ring is 1. The number of fused-ring (bicyclic) bond motifs is 1. The van der Waals surface area contributed by atoms with Gasteiger partial charge >= 0.3 is 0 Å². The van der Waals surface area contributed by atoms with E-state index in [1.54, 1.807) is 0 Å². The minimum absolute atomic E-state index is 0.0987. The molecule has 0 spiro atoms. The third-order valence-electron chi connectivity index (χ3n) is 7.89. The number of carbonyl (C=O) groups excluding carboxylic acids is 1. The molecule has 0 bridgehead atoms. The zero-order valence-corrected chi connectivity index (χ0v) is 22.3. The maximum atomic E-state index is 13.0. The van der Waals surface area contributed by atoms with Crippen LogP contribution in [0.5, 0.6) is 0 Å². The molecule has 5 heterocycles. The Labute approximate surface area is 228 Å². The number of anilines is 1. The fourth-order valence-corrected chi connectivity index (χ4v) is 5.67. The highest BCUT2D eigenvalue weighted by Gasteiger charge is 2.34. The van der Waals surface area contributed by atoms with E-state index in [4.69, 9.17) is 10.8 Å². The molecule has 1 atom stereocenters. The third-order valence-corrected chi connectivity index (χ3v) is 7.89. The lowest BCUT2D eigenvalue weighted by atomic mass is 9.92. The highest BCUT2D eigenvalue weighted by atomic mass is 16.2. The van der Waals surface area contributed by atoms with E-state index in [0.717, 1.165) is 66.1 Å². The molecule has 1 amide bonds. The van der Waals surface area contributed by atoms with Gasteiger partial charge in [-0.25, -0.2) is 9.50 Å². The zero-order valence-electron chi connectivity index (χ0n) is 22.3. The van der Waals surface area contributed by atoms with Crippen molar-refractivity contribution >= 4 is 28.9 Å². The Kier molecular flexibility index (Phi) is 6.74. The molecule has 0 radical (unpaired) electrons. The summed E-state index contributed by atoms with van der Waals surface area (Å²) in [4.78, 5) is 19.3. The predicted octanol–water partition coefficient (Wildman–Crippen LogP) is 3.52. The van der Waals surface area contributed by atoms with Crippen molar-refractivity contribution in [1.82, 2.24) is 34.6 Å². The van der Waals surface area contributed by atoms with Crippen molar-refractivity contribution in [3.63, 3.8) is 0 Å². The van der Waals surface area contributed by atoms with Gasteiger partial charge in [-0.2, -0.15) is 10.2 Å². The number of nitrogens with one attached hydrogen (secondary N) is 1. The SMILES string of the molecule is C=C/C(=C\c1nn(Cc2ccccc2)cc1C)c1cc(C2CCCN(C(=O)C3CNC3)C2)n2ncnc(N)c12. The van der Waals surface area contributed by atoms with Crippen molar-refractivity contribution in [2.24, 2.45) is 5.92 Å². The Morgan fingerprint density at radius 2 is 2.08 bits per heavy atom. The number of rotatable bonds is 7. The van der Waals surface area contributed by atoms with Gasteiger partial charge in [0.2, 0.25) is 5.91 Å². The smallest absolute Gasteiger partial charge is 0.228 e. The monoisotopic (exact) mass is 522 g/mol. The lowest BCUT2D eigenvalue weighted by Crippen LogP contribution is -2.53. The average Bonchev–Trinajstić information content (AvgIpc) is 3.47. The summed E-state index contributed by atoms with van der Waals surface area (Å²) in [7, 11) is 0. The first kappa shape index (κ1) is 25.1. The fourth-order valence-electron chi connectivity index (χ4n) is 5.67. The Bertz CT molecular complexity index is 1550. The summed E-state index contributed by atoms with van der Waals surface area (Å²) in [5, 5.41) is 12.7. The Morgan fingerprint density at radius 3 is 2.82 bits per heavy atom. The molecule has 6 rings (SSSR count). The van der Waals surface area contributed by atoms with E-state index in [1.165, 1.54) is 11.9 Å². The molecule has 0 aliphatic carbocycles. The third kappa shape index (κ3) is 4.85. The molecule has 9 heteroatoms. The number of aryl methyl sites for hydroxylation is 1. The summed E-state index contributed by atoms with van der Waals surface area (Å²) in [6.07, 6.45) is 9.39. The molecule has 39 heavy (non-hydrogen) atoms. The highest BCUT2D eigenvalue weighted by Crippen LogP contribution is 2.35. The number of nitrogens with two attached hydrogens (primary N) is 1. The van der Waals surface area contributed by atoms with E-state index in [0.29, 0.717) is 18.9 Å². The van der Waals surface area contributed by atoms with E-state index >= 15 is 0 Å². The van der Waals surface area contributed by atoms with Crippen molar-refractivity contribution in [2.45, 2.75) is 32.2 Å². The second kappa shape index (κ2) is 10.5. The van der Waals surface area contributed by atoms with Crippen molar-refractivity contribution in [3.8, 4) is 0 Å². The van der Waals surface area contributed by atoms with E-state index in [2.05, 4.69) is 59.4 Å². The van der Waals surface area contributed by atoms with Gasteiger partial charge in [0.25, 0.3) is 0 Å². The van der Waals surface area contributed by atoms with Crippen LogP contribution in [-0.4, -0.2) is 61.4 Å². The van der Waals surface area contributed by atoms with E-state index in [9.17, 15) is 4.79 Å². The van der Waals surface area contributed by atoms with Crippen LogP contribution in [0.15, 0.2) is 61.6 Å². The summed E-state index contributed by atoms with van der Waals surface area (Å²) < 4.78 is 3.86. The molecule has 2 saturated heterocycles. The molecular formula is C30H34N8O. The largest absolute Gasteiger partial charge is 0.382 e. The molecule has 4 aromatic rings. The number of piperidine rings is 1. The number of nitrogens with zero attached hydrogens (tertiary/aromatic N) is 6. The number of allylic oxidation sites excluding steroid dienone is 2. The number of hydrogen-bond donors (Lipinski definition) is 2. The molecule has 2 fully saturated rings. The fraction of sp³-hybridized carbons (Fsp3) is 0.333. The number of likely N-dealkylation sites (tertiary alicyclic amines) is 1. The molecular weight excluding hydrogens is 488 g/mol. The molecule has 200 valence electrons. The first-order chi connectivity index (χ1) is 19.0. The first-order valence-electron chi connectivity index (χ1n) is 13.6. The number of aromatic nitrogens is 5. The Hall–Kier alpha value is -4.24. The summed E-state index contributed by atoms with van der Waals surface area (Å²) in [6.45, 7) is 9.91. The highest BCUT2D eigenvalue weighted by molar-refractivity contribution is 5.96. The van der Waals surface area contributed by atoms with Crippen molar-refractivity contribution in [2.75, 3.05) is 31.9 Å². The van der Waals surface area contributed by atoms with Gasteiger partial charge in [-0.3, -0.25) is 9.48 Å². The zero-order chi connectivity index (χ0) is 26.9. The standard InChI is InChI=1S/C30H34N8O/c1-3-22(12-26-20(2)16-37(35-26)17-21-8-5-4-6-9-21)25-13-27(38-28(25)29(31)33-19-34-38)23-10-7-11-36(18-23)30(39)24-14-32-15-24/h3-6,8-9,12-13,16,19,23-24,32H,1,7,10-11,14-15,17-18H2,2H3,(H2,31,33,34)/b22-12+. The maximum Gasteiger partial charge on any atom is 0.228 e. The summed E-state index contributed by atoms with van der Waals surface area (Å²) >= 11 is 0. The van der Waals surface area contributed by atoms with Crippen LogP contribution in [-0.2, 0) is 11.3 Å². The van der Waals surface area contributed by atoms with Crippen LogP contribution in [0.25, 0.3) is 17.2 Å². The molecule has 9 nitrogen and oxygen atoms in total. The van der Waals surface area contributed by atoms with E-state index in [-0.39, 0.29) is 17.7 Å². The quantitative estimate of drug-likeness (QED) is 0.360. The van der Waals surface area contributed by atoms with Gasteiger partial charge in [-0.05, 0) is 48.6 Å². The Balaban J connectivity index is 1.35. The lowest BCUT2D eigenvalue weighted by molar-refractivity contribution is -0.138. The van der Waals surface area contributed by atoms with Crippen molar-refractivity contribution in [3.05, 3.63) is 89.7 Å². The Morgan fingerprint density at radius 1 is 1.26 bits per heavy atom. The normalized spacial score (nSPS) is 18.3. The molecule has 3 N–H and O–H groups in total. The first-order valence-corrected chi connectivity index (χ1v) is 13.6. The summed E-state index contributed by atoms with van der Waals surface area (Å²) in [5.74, 6) is 0.919. The van der Waals surface area contributed by atoms with Gasteiger partial charge in [-0.15, -0.1) is 0 Å². The number of carbonyl (C=O) groups is 1. The van der Waals surface area contributed by atoms with E-state index < -0.39 is 0 Å². The van der Waals surface area contributed by atoms with Crippen LogP contribution in [0.4, 0.5) is 5.82 Å². The lowest BCUT2D eigenvalue weighted by Gasteiger charge is -2.37. The number of hydrogen-bond acceptors (Lipinski definition) is 6.